The molecule has 0 aromatic carbocycles. The Bertz CT molecular complexity index is 236. The van der Waals surface area contributed by atoms with Crippen molar-refractivity contribution in [2.45, 2.75) is 26.4 Å². The quantitative estimate of drug-likeness (QED) is 0.423. The van der Waals surface area contributed by atoms with Crippen molar-refractivity contribution in [2.75, 3.05) is 0 Å². The van der Waals surface area contributed by atoms with Gasteiger partial charge in [0.05, 0.1) is 0 Å². The molecular weight excluding hydrogens is 196 g/mol. The van der Waals surface area contributed by atoms with Crippen molar-refractivity contribution in [3.05, 3.63) is 0 Å². The van der Waals surface area contributed by atoms with Crippen molar-refractivity contribution in [3.8, 4) is 0 Å². The zero-order valence-corrected chi connectivity index (χ0v) is 8.47. The van der Waals surface area contributed by atoms with E-state index >= 15 is 0 Å². The smallest absolute Gasteiger partial charge is 0.276 e. The SMILES string of the molecule is CC(C)(C)C(O)(C(N)=O)C(=O)NCl. The minimum absolute atomic E-state index is 1.02. The lowest BCUT2D eigenvalue weighted by Gasteiger charge is -2.34. The summed E-state index contributed by atoms with van der Waals surface area (Å²) in [7, 11) is 0. The van der Waals surface area contributed by atoms with Crippen molar-refractivity contribution in [3.63, 3.8) is 0 Å². The third-order valence-corrected chi connectivity index (χ3v) is 2.03. The Balaban J connectivity index is 5.20. The van der Waals surface area contributed by atoms with Gasteiger partial charge >= 0.3 is 0 Å². The lowest BCUT2D eigenvalue weighted by atomic mass is 9.75. The number of nitrogens with one attached hydrogen (secondary N) is 1. The first-order chi connectivity index (χ1) is 5.67. The topological polar surface area (TPSA) is 92.4 Å². The maximum atomic E-state index is 11.1. The number of primary amides is 1. The van der Waals surface area contributed by atoms with Gasteiger partial charge in [-0.15, -0.1) is 0 Å². The van der Waals surface area contributed by atoms with Crippen LogP contribution in [0.25, 0.3) is 0 Å². The van der Waals surface area contributed by atoms with Crippen molar-refractivity contribution >= 4 is 23.6 Å². The Morgan fingerprint density at radius 1 is 1.38 bits per heavy atom. The second kappa shape index (κ2) is 3.51. The predicted molar refractivity (Wildman–Crippen MR) is 47.6 cm³/mol. The maximum Gasteiger partial charge on any atom is 0.276 e. The van der Waals surface area contributed by atoms with E-state index in [1.807, 2.05) is 0 Å². The van der Waals surface area contributed by atoms with Gasteiger partial charge in [-0.3, -0.25) is 14.4 Å². The number of halogens is 1. The molecule has 5 nitrogen and oxygen atoms in total. The molecule has 0 saturated heterocycles. The highest BCUT2D eigenvalue weighted by atomic mass is 35.5. The van der Waals surface area contributed by atoms with Crippen molar-refractivity contribution in [2.24, 2.45) is 11.1 Å². The fraction of sp³-hybridized carbons (Fsp3) is 0.714. The minimum atomic E-state index is -2.30. The first kappa shape index (κ1) is 12.2. The van der Waals surface area contributed by atoms with Crippen LogP contribution in [0.4, 0.5) is 0 Å². The van der Waals surface area contributed by atoms with Crippen LogP contribution in [0.15, 0.2) is 0 Å². The number of carbonyl (C=O) groups is 2. The average Bonchev–Trinajstić information content (AvgIpc) is 1.98. The summed E-state index contributed by atoms with van der Waals surface area (Å²) in [5.74, 6) is -2.15. The highest BCUT2D eigenvalue weighted by Crippen LogP contribution is 2.30. The van der Waals surface area contributed by atoms with Crippen LogP contribution in [0.1, 0.15) is 20.8 Å². The van der Waals surface area contributed by atoms with E-state index in [0.717, 1.165) is 0 Å². The molecule has 2 amide bonds. The van der Waals surface area contributed by atoms with Gasteiger partial charge in [0.25, 0.3) is 11.8 Å². The van der Waals surface area contributed by atoms with E-state index in [-0.39, 0.29) is 0 Å². The molecule has 0 bridgehead atoms. The van der Waals surface area contributed by atoms with E-state index in [2.05, 4.69) is 0 Å². The van der Waals surface area contributed by atoms with Crippen LogP contribution in [0, 0.1) is 5.41 Å². The van der Waals surface area contributed by atoms with E-state index < -0.39 is 22.8 Å². The third-order valence-electron chi connectivity index (χ3n) is 1.86. The largest absolute Gasteiger partial charge is 0.371 e. The number of amides is 2. The molecule has 0 heterocycles. The molecule has 0 aromatic rings. The van der Waals surface area contributed by atoms with E-state index in [1.54, 1.807) is 4.84 Å². The fourth-order valence-electron chi connectivity index (χ4n) is 0.890. The van der Waals surface area contributed by atoms with Gasteiger partial charge in [0.2, 0.25) is 5.60 Å². The van der Waals surface area contributed by atoms with Gasteiger partial charge in [-0.05, 0) is 0 Å². The Hall–Kier alpha value is -0.810. The summed E-state index contributed by atoms with van der Waals surface area (Å²) in [4.78, 5) is 23.7. The summed E-state index contributed by atoms with van der Waals surface area (Å²) < 4.78 is 0. The summed E-state index contributed by atoms with van der Waals surface area (Å²) in [6, 6.07) is 0. The molecule has 13 heavy (non-hydrogen) atoms. The molecular formula is C7H13ClN2O3. The molecule has 4 N–H and O–H groups in total. The van der Waals surface area contributed by atoms with Crippen LogP contribution < -0.4 is 10.6 Å². The van der Waals surface area contributed by atoms with Crippen LogP contribution in [0.2, 0.25) is 0 Å². The fourth-order valence-corrected chi connectivity index (χ4v) is 1.03. The Morgan fingerprint density at radius 3 is 1.85 bits per heavy atom. The molecule has 0 aliphatic carbocycles. The van der Waals surface area contributed by atoms with E-state index in [4.69, 9.17) is 17.5 Å². The third kappa shape index (κ3) is 1.92. The van der Waals surface area contributed by atoms with Crippen LogP contribution >= 0.6 is 11.8 Å². The molecule has 0 radical (unpaired) electrons. The van der Waals surface area contributed by atoms with Crippen LogP contribution in [0.5, 0.6) is 0 Å². The molecule has 0 saturated carbocycles. The van der Waals surface area contributed by atoms with Crippen molar-refractivity contribution < 1.29 is 14.7 Å². The first-order valence-corrected chi connectivity index (χ1v) is 3.99. The maximum absolute atomic E-state index is 11.1. The molecule has 0 fully saturated rings. The molecule has 1 atom stereocenters. The van der Waals surface area contributed by atoms with Gasteiger partial charge < -0.3 is 10.8 Å². The lowest BCUT2D eigenvalue weighted by molar-refractivity contribution is -0.162. The number of nitrogens with two attached hydrogens (primary N) is 1. The number of hydrogen-bond acceptors (Lipinski definition) is 3. The van der Waals surface area contributed by atoms with Gasteiger partial charge in [-0.1, -0.05) is 20.8 Å². The van der Waals surface area contributed by atoms with Gasteiger partial charge in [0.1, 0.15) is 0 Å². The molecule has 0 rings (SSSR count). The lowest BCUT2D eigenvalue weighted by Crippen LogP contribution is -2.61. The minimum Gasteiger partial charge on any atom is -0.371 e. The van der Waals surface area contributed by atoms with Gasteiger partial charge in [-0.2, -0.15) is 0 Å². The predicted octanol–water partition coefficient (Wildman–Crippen LogP) is -0.481. The first-order valence-electron chi connectivity index (χ1n) is 3.61. The molecule has 0 spiro atoms. The van der Waals surface area contributed by atoms with Crippen LogP contribution in [0.3, 0.4) is 0 Å². The van der Waals surface area contributed by atoms with E-state index in [9.17, 15) is 14.7 Å². The molecule has 76 valence electrons. The molecule has 0 aliphatic heterocycles. The normalized spacial score (nSPS) is 16.1. The average molecular weight is 209 g/mol. The highest BCUT2D eigenvalue weighted by molar-refractivity contribution is 6.25. The van der Waals surface area contributed by atoms with E-state index in [1.165, 1.54) is 20.8 Å². The monoisotopic (exact) mass is 208 g/mol. The summed E-state index contributed by atoms with van der Waals surface area (Å²) in [5.41, 5.74) is 1.61. The van der Waals surface area contributed by atoms with Gasteiger partial charge in [-0.25, -0.2) is 0 Å². The highest BCUT2D eigenvalue weighted by Gasteiger charge is 2.52. The van der Waals surface area contributed by atoms with Crippen LogP contribution in [-0.2, 0) is 9.59 Å². The number of rotatable bonds is 2. The Labute approximate surface area is 81.4 Å². The number of carbonyl (C=O) groups excluding carboxylic acids is 2. The summed E-state index contributed by atoms with van der Waals surface area (Å²) in [5, 5.41) is 9.72. The van der Waals surface area contributed by atoms with E-state index in [0.29, 0.717) is 0 Å². The molecule has 0 aliphatic rings. The number of aliphatic hydroxyl groups is 1. The van der Waals surface area contributed by atoms with Crippen molar-refractivity contribution in [1.82, 2.24) is 4.84 Å². The standard InChI is InChI=1S/C7H13ClN2O3/c1-6(2,3)7(13,4(9)11)5(12)10-8/h13H,1-3H3,(H2,9,11)(H,10,12). The van der Waals surface area contributed by atoms with Gasteiger partial charge in [0.15, 0.2) is 0 Å². The molecule has 0 aromatic heterocycles. The molecule has 6 heteroatoms. The van der Waals surface area contributed by atoms with Gasteiger partial charge in [0, 0.05) is 17.2 Å². The Kier molecular flexibility index (Phi) is 3.29. The second-order valence-corrected chi connectivity index (χ2v) is 3.94. The number of hydrogen-bond donors (Lipinski definition) is 3. The van der Waals surface area contributed by atoms with Crippen molar-refractivity contribution in [1.29, 1.82) is 0 Å². The zero-order chi connectivity index (χ0) is 10.9. The summed E-state index contributed by atoms with van der Waals surface area (Å²) in [6.07, 6.45) is 0. The Morgan fingerprint density at radius 2 is 1.77 bits per heavy atom. The summed E-state index contributed by atoms with van der Waals surface area (Å²) >= 11 is 5.02. The second-order valence-electron chi connectivity index (χ2n) is 3.75. The zero-order valence-electron chi connectivity index (χ0n) is 7.72. The molecule has 1 unspecified atom stereocenters. The summed E-state index contributed by atoms with van der Waals surface area (Å²) in [6.45, 7) is 4.51. The van der Waals surface area contributed by atoms with Crippen LogP contribution in [-0.4, -0.2) is 22.5 Å².